The Bertz CT molecular complexity index is 858. The van der Waals surface area contributed by atoms with Gasteiger partial charge in [0.05, 0.1) is 18.8 Å². The van der Waals surface area contributed by atoms with E-state index < -0.39 is 0 Å². The van der Waals surface area contributed by atoms with Gasteiger partial charge in [0, 0.05) is 38.4 Å². The van der Waals surface area contributed by atoms with E-state index in [9.17, 15) is 0 Å². The molecule has 1 aromatic heterocycles. The molecule has 2 N–H and O–H groups in total. The Morgan fingerprint density at radius 3 is 2.38 bits per heavy atom. The number of guanidine groups is 1. The third-order valence-corrected chi connectivity index (χ3v) is 6.23. The van der Waals surface area contributed by atoms with Gasteiger partial charge in [-0.2, -0.15) is 5.10 Å². The maximum absolute atomic E-state index is 5.34. The molecular formula is C24H39IN6O. The number of hydrogen-bond acceptors (Lipinski definition) is 4. The van der Waals surface area contributed by atoms with E-state index in [4.69, 9.17) is 4.74 Å². The second-order valence-electron chi connectivity index (χ2n) is 8.04. The zero-order valence-corrected chi connectivity index (χ0v) is 22.5. The van der Waals surface area contributed by atoms with Crippen LogP contribution in [-0.2, 0) is 26.4 Å². The largest absolute Gasteiger partial charge is 0.497 e. The van der Waals surface area contributed by atoms with Gasteiger partial charge in [0.2, 0.25) is 0 Å². The zero-order valence-electron chi connectivity index (χ0n) is 20.1. The van der Waals surface area contributed by atoms with E-state index in [1.165, 1.54) is 29.7 Å². The second kappa shape index (κ2) is 13.0. The van der Waals surface area contributed by atoms with Crippen LogP contribution in [-0.4, -0.2) is 54.4 Å². The summed E-state index contributed by atoms with van der Waals surface area (Å²) in [5.74, 6) is 1.72. The lowest BCUT2D eigenvalue weighted by Crippen LogP contribution is -2.42. The van der Waals surface area contributed by atoms with Gasteiger partial charge in [-0.3, -0.25) is 14.6 Å². The van der Waals surface area contributed by atoms with Crippen LogP contribution in [0.15, 0.2) is 29.3 Å². The molecule has 32 heavy (non-hydrogen) atoms. The first-order chi connectivity index (χ1) is 15.1. The number of methoxy groups -OCH3 is 1. The van der Waals surface area contributed by atoms with Crippen LogP contribution in [0.5, 0.6) is 5.75 Å². The number of halogens is 1. The summed E-state index contributed by atoms with van der Waals surface area (Å²) in [5.41, 5.74) is 5.05. The lowest BCUT2D eigenvalue weighted by Gasteiger charge is -2.29. The number of ether oxygens (including phenoxy) is 1. The Kier molecular flexibility index (Phi) is 10.8. The van der Waals surface area contributed by atoms with Crippen LogP contribution in [0.1, 0.15) is 55.2 Å². The Balaban J connectivity index is 0.00000363. The average molecular weight is 555 g/mol. The number of hydrogen-bond donors (Lipinski definition) is 2. The zero-order chi connectivity index (χ0) is 22.2. The van der Waals surface area contributed by atoms with E-state index in [-0.39, 0.29) is 24.0 Å². The molecule has 0 bridgehead atoms. The van der Waals surface area contributed by atoms with Gasteiger partial charge in [-0.15, -0.1) is 24.0 Å². The van der Waals surface area contributed by atoms with Crippen LogP contribution in [0.2, 0.25) is 0 Å². The van der Waals surface area contributed by atoms with Crippen molar-refractivity contribution in [2.45, 2.75) is 52.1 Å². The predicted molar refractivity (Wildman–Crippen MR) is 142 cm³/mol. The van der Waals surface area contributed by atoms with Crippen molar-refractivity contribution in [1.82, 2.24) is 25.3 Å². The van der Waals surface area contributed by atoms with E-state index in [1.54, 1.807) is 7.11 Å². The number of benzene rings is 1. The van der Waals surface area contributed by atoms with E-state index in [1.807, 2.05) is 30.9 Å². The smallest absolute Gasteiger partial charge is 0.191 e. The monoisotopic (exact) mass is 554 g/mol. The van der Waals surface area contributed by atoms with E-state index in [0.29, 0.717) is 6.04 Å². The molecule has 0 aliphatic carbocycles. The predicted octanol–water partition coefficient (Wildman–Crippen LogP) is 3.67. The quantitative estimate of drug-likeness (QED) is 0.282. The van der Waals surface area contributed by atoms with Gasteiger partial charge in [0.25, 0.3) is 0 Å². The maximum Gasteiger partial charge on any atom is 0.191 e. The molecule has 1 fully saturated rings. The molecule has 1 unspecified atom stereocenters. The molecule has 7 nitrogen and oxygen atoms in total. The number of aromatic nitrogens is 2. The molecule has 0 radical (unpaired) electrons. The fourth-order valence-electron chi connectivity index (χ4n) is 4.52. The van der Waals surface area contributed by atoms with Crippen LogP contribution in [0.3, 0.4) is 0 Å². The first-order valence-corrected chi connectivity index (χ1v) is 11.5. The van der Waals surface area contributed by atoms with E-state index >= 15 is 0 Å². The molecular weight excluding hydrogens is 515 g/mol. The lowest BCUT2D eigenvalue weighted by atomic mass is 10.1. The molecule has 0 spiro atoms. The fraction of sp³-hybridized carbons (Fsp3) is 0.583. The average Bonchev–Trinajstić information content (AvgIpc) is 3.44. The van der Waals surface area contributed by atoms with Crippen molar-refractivity contribution in [3.63, 3.8) is 0 Å². The van der Waals surface area contributed by atoms with Crippen molar-refractivity contribution < 1.29 is 4.74 Å². The van der Waals surface area contributed by atoms with Crippen LogP contribution in [0.4, 0.5) is 0 Å². The molecule has 0 amide bonds. The van der Waals surface area contributed by atoms with Gasteiger partial charge in [-0.25, -0.2) is 0 Å². The number of rotatable bonds is 9. The number of nitrogens with zero attached hydrogens (tertiary/aromatic N) is 4. The summed E-state index contributed by atoms with van der Waals surface area (Å²) in [6.45, 7) is 8.16. The van der Waals surface area contributed by atoms with Gasteiger partial charge in [0.15, 0.2) is 5.96 Å². The van der Waals surface area contributed by atoms with Crippen molar-refractivity contribution in [3.8, 4) is 5.75 Å². The molecule has 2 heterocycles. The standard InChI is InChI=1S/C24H38N6O.HI/c1-6-21-20(22(7-2)29(4)28-21)16-26-24(25-3)27-17-23(30-14-8-9-15-30)18-10-12-19(31-5)13-11-18;/h10-13,23H,6-9,14-17H2,1-5H3,(H2,25,26,27);1H. The molecule has 1 aliphatic heterocycles. The molecule has 1 aromatic carbocycles. The summed E-state index contributed by atoms with van der Waals surface area (Å²) < 4.78 is 7.35. The van der Waals surface area contributed by atoms with E-state index in [2.05, 4.69) is 51.6 Å². The van der Waals surface area contributed by atoms with Gasteiger partial charge >= 0.3 is 0 Å². The van der Waals surface area contributed by atoms with Crippen LogP contribution < -0.4 is 15.4 Å². The minimum Gasteiger partial charge on any atom is -0.497 e. The van der Waals surface area contributed by atoms with Crippen molar-refractivity contribution in [2.24, 2.45) is 12.0 Å². The fourth-order valence-corrected chi connectivity index (χ4v) is 4.52. The van der Waals surface area contributed by atoms with Crippen molar-refractivity contribution in [3.05, 3.63) is 46.8 Å². The first-order valence-electron chi connectivity index (χ1n) is 11.5. The summed E-state index contributed by atoms with van der Waals surface area (Å²) in [6.07, 6.45) is 4.44. The molecule has 1 saturated heterocycles. The minimum absolute atomic E-state index is 0. The van der Waals surface area contributed by atoms with E-state index in [0.717, 1.165) is 56.4 Å². The Morgan fingerprint density at radius 1 is 1.12 bits per heavy atom. The van der Waals surface area contributed by atoms with Crippen molar-refractivity contribution in [1.29, 1.82) is 0 Å². The third-order valence-electron chi connectivity index (χ3n) is 6.23. The maximum atomic E-state index is 5.34. The number of aliphatic imine (C=N–C) groups is 1. The highest BCUT2D eigenvalue weighted by Crippen LogP contribution is 2.26. The third kappa shape index (κ3) is 6.37. The Labute approximate surface area is 210 Å². The Hall–Kier alpha value is -1.81. The summed E-state index contributed by atoms with van der Waals surface area (Å²) in [7, 11) is 5.57. The summed E-state index contributed by atoms with van der Waals surface area (Å²) in [6, 6.07) is 8.76. The molecule has 178 valence electrons. The summed E-state index contributed by atoms with van der Waals surface area (Å²) >= 11 is 0. The summed E-state index contributed by atoms with van der Waals surface area (Å²) in [4.78, 5) is 7.03. The molecule has 1 atom stereocenters. The molecule has 3 rings (SSSR count). The molecule has 0 saturated carbocycles. The topological polar surface area (TPSA) is 66.7 Å². The lowest BCUT2D eigenvalue weighted by molar-refractivity contribution is 0.245. The highest BCUT2D eigenvalue weighted by atomic mass is 127. The van der Waals surface area contributed by atoms with Crippen LogP contribution in [0, 0.1) is 0 Å². The summed E-state index contributed by atoms with van der Waals surface area (Å²) in [5, 5.41) is 11.8. The number of nitrogens with one attached hydrogen (secondary N) is 2. The minimum atomic E-state index is 0. The molecule has 2 aromatic rings. The second-order valence-corrected chi connectivity index (χ2v) is 8.04. The van der Waals surface area contributed by atoms with Crippen LogP contribution >= 0.6 is 24.0 Å². The number of likely N-dealkylation sites (tertiary alicyclic amines) is 1. The molecule has 1 aliphatic rings. The van der Waals surface area contributed by atoms with Crippen molar-refractivity contribution >= 4 is 29.9 Å². The van der Waals surface area contributed by atoms with Gasteiger partial charge in [-0.1, -0.05) is 26.0 Å². The van der Waals surface area contributed by atoms with Gasteiger partial charge in [0.1, 0.15) is 5.75 Å². The Morgan fingerprint density at radius 2 is 1.81 bits per heavy atom. The molecule has 8 heteroatoms. The highest BCUT2D eigenvalue weighted by Gasteiger charge is 2.24. The van der Waals surface area contributed by atoms with Gasteiger partial charge in [-0.05, 0) is 56.5 Å². The number of aryl methyl sites for hydroxylation is 2. The SMILES string of the molecule is CCc1nn(C)c(CC)c1CNC(=NC)NCC(c1ccc(OC)cc1)N1CCCC1.I. The first kappa shape index (κ1) is 26.4. The van der Waals surface area contributed by atoms with Crippen molar-refractivity contribution in [2.75, 3.05) is 33.8 Å². The van der Waals surface area contributed by atoms with Crippen LogP contribution in [0.25, 0.3) is 0 Å². The highest BCUT2D eigenvalue weighted by molar-refractivity contribution is 14.0. The normalized spacial score (nSPS) is 15.3. The van der Waals surface area contributed by atoms with Gasteiger partial charge < -0.3 is 15.4 Å².